The van der Waals surface area contributed by atoms with Gasteiger partial charge in [0.2, 0.25) is 5.91 Å². The molecule has 17 heavy (non-hydrogen) atoms. The Balaban J connectivity index is 2.18. The first-order valence-corrected chi connectivity index (χ1v) is 5.68. The van der Waals surface area contributed by atoms with Crippen LogP contribution in [0.4, 0.5) is 0 Å². The van der Waals surface area contributed by atoms with Crippen molar-refractivity contribution >= 4 is 5.91 Å². The van der Waals surface area contributed by atoms with Crippen molar-refractivity contribution < 1.29 is 4.79 Å². The molecule has 1 rings (SSSR count). The number of nitrogens with zero attached hydrogens (tertiary/aromatic N) is 2. The van der Waals surface area contributed by atoms with E-state index in [0.717, 1.165) is 31.5 Å². The third-order valence-corrected chi connectivity index (χ3v) is 2.53. The minimum atomic E-state index is -0.244. The molecule has 5 nitrogen and oxygen atoms in total. The van der Waals surface area contributed by atoms with Gasteiger partial charge in [-0.3, -0.25) is 4.79 Å². The van der Waals surface area contributed by atoms with Crippen LogP contribution in [0.25, 0.3) is 0 Å². The molecule has 1 heterocycles. The van der Waals surface area contributed by atoms with Crippen molar-refractivity contribution in [1.29, 1.82) is 5.26 Å². The highest BCUT2D eigenvalue weighted by atomic mass is 16.1. The number of rotatable bonds is 7. The lowest BCUT2D eigenvalue weighted by molar-refractivity contribution is -0.118. The summed E-state index contributed by atoms with van der Waals surface area (Å²) >= 11 is 0. The van der Waals surface area contributed by atoms with Crippen LogP contribution in [0.1, 0.15) is 30.5 Å². The molecule has 0 aliphatic rings. The number of carbonyl (C=O) groups excluding carboxylic acids is 1. The van der Waals surface area contributed by atoms with E-state index in [-0.39, 0.29) is 5.91 Å². The number of nitrogens with one attached hydrogen (secondary N) is 1. The molecule has 1 aromatic rings. The fourth-order valence-corrected chi connectivity index (χ4v) is 1.62. The summed E-state index contributed by atoms with van der Waals surface area (Å²) in [6, 6.07) is 3.99. The van der Waals surface area contributed by atoms with Gasteiger partial charge in [-0.05, 0) is 31.0 Å². The predicted molar refractivity (Wildman–Crippen MR) is 64.9 cm³/mol. The highest BCUT2D eigenvalue weighted by Crippen LogP contribution is 2.05. The van der Waals surface area contributed by atoms with Crippen molar-refractivity contribution in [3.8, 4) is 6.07 Å². The van der Waals surface area contributed by atoms with E-state index < -0.39 is 0 Å². The van der Waals surface area contributed by atoms with Gasteiger partial charge in [-0.15, -0.1) is 0 Å². The second kappa shape index (κ2) is 6.71. The van der Waals surface area contributed by atoms with Crippen LogP contribution in [0.3, 0.4) is 0 Å². The maximum absolute atomic E-state index is 10.5. The second-order valence-electron chi connectivity index (χ2n) is 4.06. The first kappa shape index (κ1) is 13.3. The molecule has 0 unspecified atom stereocenters. The molecule has 0 saturated carbocycles. The van der Waals surface area contributed by atoms with E-state index in [2.05, 4.69) is 11.4 Å². The number of nitrogens with two attached hydrogens (primary N) is 1. The standard InChI is InChI=1S/C12H18N4O/c1-16-9-10(6-11(16)7-13)8-15-5-3-2-4-12(14)17/h6,9,15H,2-5,8H2,1H3,(H2,14,17). The van der Waals surface area contributed by atoms with Crippen molar-refractivity contribution in [3.63, 3.8) is 0 Å². The number of hydrogen-bond donors (Lipinski definition) is 2. The van der Waals surface area contributed by atoms with Crippen LogP contribution in [0.15, 0.2) is 12.3 Å². The molecule has 0 aliphatic heterocycles. The quantitative estimate of drug-likeness (QED) is 0.679. The van der Waals surface area contributed by atoms with E-state index in [4.69, 9.17) is 11.0 Å². The fraction of sp³-hybridized carbons (Fsp3) is 0.500. The molecule has 0 fully saturated rings. The Labute approximate surface area is 101 Å². The van der Waals surface area contributed by atoms with Crippen molar-refractivity contribution in [1.82, 2.24) is 9.88 Å². The minimum absolute atomic E-state index is 0.244. The van der Waals surface area contributed by atoms with Gasteiger partial charge in [-0.2, -0.15) is 5.26 Å². The first-order chi connectivity index (χ1) is 8.13. The Morgan fingerprint density at radius 2 is 2.35 bits per heavy atom. The maximum Gasteiger partial charge on any atom is 0.217 e. The molecule has 5 heteroatoms. The van der Waals surface area contributed by atoms with Gasteiger partial charge in [0.1, 0.15) is 11.8 Å². The Morgan fingerprint density at radius 3 is 2.94 bits per heavy atom. The van der Waals surface area contributed by atoms with Gasteiger partial charge in [0.25, 0.3) is 0 Å². The topological polar surface area (TPSA) is 83.8 Å². The fourth-order valence-electron chi connectivity index (χ4n) is 1.62. The number of aromatic nitrogens is 1. The molecule has 0 spiro atoms. The average Bonchev–Trinajstić information content (AvgIpc) is 2.63. The largest absolute Gasteiger partial charge is 0.370 e. The second-order valence-corrected chi connectivity index (χ2v) is 4.06. The highest BCUT2D eigenvalue weighted by Gasteiger charge is 2.01. The lowest BCUT2D eigenvalue weighted by Gasteiger charge is -2.02. The third-order valence-electron chi connectivity index (χ3n) is 2.53. The van der Waals surface area contributed by atoms with Crippen molar-refractivity contribution in [2.75, 3.05) is 6.54 Å². The Hall–Kier alpha value is -1.80. The van der Waals surface area contributed by atoms with Gasteiger partial charge in [0.05, 0.1) is 0 Å². The number of nitriles is 1. The zero-order chi connectivity index (χ0) is 12.7. The van der Waals surface area contributed by atoms with Crippen molar-refractivity contribution in [2.45, 2.75) is 25.8 Å². The zero-order valence-corrected chi connectivity index (χ0v) is 10.1. The van der Waals surface area contributed by atoms with Crippen LogP contribution in [0.5, 0.6) is 0 Å². The summed E-state index contributed by atoms with van der Waals surface area (Å²) in [7, 11) is 1.86. The summed E-state index contributed by atoms with van der Waals surface area (Å²) < 4.78 is 1.81. The number of hydrogen-bond acceptors (Lipinski definition) is 3. The molecule has 0 aliphatic carbocycles. The predicted octanol–water partition coefficient (Wildman–Crippen LogP) is 0.642. The summed E-state index contributed by atoms with van der Waals surface area (Å²) in [5.74, 6) is -0.244. The lowest BCUT2D eigenvalue weighted by Crippen LogP contribution is -2.15. The van der Waals surface area contributed by atoms with Crippen molar-refractivity contribution in [2.24, 2.45) is 12.8 Å². The van der Waals surface area contributed by atoms with Crippen LogP contribution < -0.4 is 11.1 Å². The van der Waals surface area contributed by atoms with Gasteiger partial charge in [-0.1, -0.05) is 0 Å². The number of primary amides is 1. The molecule has 1 aromatic heterocycles. The molecule has 1 amide bonds. The van der Waals surface area contributed by atoms with E-state index in [1.807, 2.05) is 23.9 Å². The van der Waals surface area contributed by atoms with Gasteiger partial charge in [0.15, 0.2) is 0 Å². The normalized spacial score (nSPS) is 10.1. The molecule has 0 atom stereocenters. The summed E-state index contributed by atoms with van der Waals surface area (Å²) in [5, 5.41) is 12.1. The van der Waals surface area contributed by atoms with E-state index in [0.29, 0.717) is 12.1 Å². The molecule has 0 radical (unpaired) electrons. The third kappa shape index (κ3) is 4.70. The smallest absolute Gasteiger partial charge is 0.217 e. The molecule has 3 N–H and O–H groups in total. The van der Waals surface area contributed by atoms with Gasteiger partial charge in [-0.25, -0.2) is 0 Å². The molecule has 0 aromatic carbocycles. The van der Waals surface area contributed by atoms with Crippen LogP contribution in [-0.2, 0) is 18.4 Å². The first-order valence-electron chi connectivity index (χ1n) is 5.68. The number of unbranched alkanes of at least 4 members (excludes halogenated alkanes) is 1. The highest BCUT2D eigenvalue weighted by molar-refractivity contribution is 5.73. The Bertz CT molecular complexity index is 417. The molecular weight excluding hydrogens is 216 g/mol. The maximum atomic E-state index is 10.5. The van der Waals surface area contributed by atoms with Gasteiger partial charge < -0.3 is 15.6 Å². The molecule has 0 saturated heterocycles. The number of aryl methyl sites for hydroxylation is 1. The molecule has 92 valence electrons. The van der Waals surface area contributed by atoms with E-state index in [9.17, 15) is 4.79 Å². The molecular formula is C12H18N4O. The summed E-state index contributed by atoms with van der Waals surface area (Å²) in [6.45, 7) is 1.59. The minimum Gasteiger partial charge on any atom is -0.370 e. The van der Waals surface area contributed by atoms with E-state index in [1.165, 1.54) is 0 Å². The zero-order valence-electron chi connectivity index (χ0n) is 10.1. The number of carbonyl (C=O) groups is 1. The van der Waals surface area contributed by atoms with E-state index in [1.54, 1.807) is 0 Å². The SMILES string of the molecule is Cn1cc(CNCCCCC(N)=O)cc1C#N. The summed E-state index contributed by atoms with van der Waals surface area (Å²) in [6.07, 6.45) is 4.14. The van der Waals surface area contributed by atoms with Crippen molar-refractivity contribution in [3.05, 3.63) is 23.5 Å². The average molecular weight is 234 g/mol. The van der Waals surface area contributed by atoms with Crippen LogP contribution >= 0.6 is 0 Å². The van der Waals surface area contributed by atoms with Gasteiger partial charge in [0, 0.05) is 26.2 Å². The van der Waals surface area contributed by atoms with Gasteiger partial charge >= 0.3 is 0 Å². The Morgan fingerprint density at radius 1 is 1.59 bits per heavy atom. The van der Waals surface area contributed by atoms with Crippen LogP contribution in [0, 0.1) is 11.3 Å². The molecule has 0 bridgehead atoms. The monoisotopic (exact) mass is 234 g/mol. The van der Waals surface area contributed by atoms with E-state index >= 15 is 0 Å². The van der Waals surface area contributed by atoms with Crippen LogP contribution in [-0.4, -0.2) is 17.0 Å². The van der Waals surface area contributed by atoms with Crippen LogP contribution in [0.2, 0.25) is 0 Å². The lowest BCUT2D eigenvalue weighted by atomic mass is 10.2. The Kier molecular flexibility index (Phi) is 5.24. The number of amides is 1. The summed E-state index contributed by atoms with van der Waals surface area (Å²) in [4.78, 5) is 10.5. The summed E-state index contributed by atoms with van der Waals surface area (Å²) in [5.41, 5.74) is 6.80.